The molecule has 10 heteroatoms. The SMILES string of the molecule is CCCC12OC(=N)C(C#N)(C1CC)C(C#N)(C#N)C(c1ccc(OC(F)(F)F)cc1)O2. The predicted octanol–water partition coefficient (Wildman–Crippen LogP) is 4.73. The predicted molar refractivity (Wildman–Crippen MR) is 98.9 cm³/mol. The molecule has 0 aromatic heterocycles. The molecule has 31 heavy (non-hydrogen) atoms. The fraction of sp³-hybridized carbons (Fsp3) is 0.524. The molecular formula is C21H19F3N4O3. The second kappa shape index (κ2) is 7.44. The van der Waals surface area contributed by atoms with Gasteiger partial charge in [-0.2, -0.15) is 15.8 Å². The van der Waals surface area contributed by atoms with Crippen LogP contribution in [0.1, 0.15) is 44.8 Å². The van der Waals surface area contributed by atoms with E-state index in [2.05, 4.69) is 4.74 Å². The van der Waals surface area contributed by atoms with Gasteiger partial charge < -0.3 is 14.2 Å². The fourth-order valence-corrected chi connectivity index (χ4v) is 4.81. The molecule has 2 heterocycles. The first-order valence-electron chi connectivity index (χ1n) is 9.65. The van der Waals surface area contributed by atoms with Crippen LogP contribution in [0.3, 0.4) is 0 Å². The van der Waals surface area contributed by atoms with Gasteiger partial charge in [-0.05, 0) is 30.5 Å². The van der Waals surface area contributed by atoms with Crippen LogP contribution in [0.25, 0.3) is 0 Å². The summed E-state index contributed by atoms with van der Waals surface area (Å²) in [5.74, 6) is -3.14. The topological polar surface area (TPSA) is 123 Å². The van der Waals surface area contributed by atoms with E-state index in [4.69, 9.17) is 14.9 Å². The number of nitrogens with zero attached hydrogens (tertiary/aromatic N) is 3. The summed E-state index contributed by atoms with van der Waals surface area (Å²) in [4.78, 5) is 0. The van der Waals surface area contributed by atoms with Gasteiger partial charge in [0.2, 0.25) is 17.1 Å². The molecule has 4 atom stereocenters. The smallest absolute Gasteiger partial charge is 0.447 e. The van der Waals surface area contributed by atoms with Gasteiger partial charge in [0.05, 0.1) is 24.1 Å². The lowest BCUT2D eigenvalue weighted by Crippen LogP contribution is -2.59. The molecule has 7 nitrogen and oxygen atoms in total. The number of benzene rings is 1. The van der Waals surface area contributed by atoms with Gasteiger partial charge in [0.1, 0.15) is 11.9 Å². The summed E-state index contributed by atoms with van der Waals surface area (Å²) in [5.41, 5.74) is -3.85. The molecule has 0 aliphatic carbocycles. The zero-order valence-corrected chi connectivity index (χ0v) is 16.8. The van der Waals surface area contributed by atoms with E-state index in [0.29, 0.717) is 19.3 Å². The van der Waals surface area contributed by atoms with Crippen LogP contribution in [0, 0.1) is 56.2 Å². The molecule has 2 aliphatic heterocycles. The molecule has 4 unspecified atom stereocenters. The van der Waals surface area contributed by atoms with Gasteiger partial charge in [-0.15, -0.1) is 13.2 Å². The van der Waals surface area contributed by atoms with Crippen molar-refractivity contribution in [1.29, 1.82) is 21.2 Å². The van der Waals surface area contributed by atoms with Crippen molar-refractivity contribution in [3.63, 3.8) is 0 Å². The zero-order valence-electron chi connectivity index (χ0n) is 16.8. The third kappa shape index (κ3) is 3.00. The van der Waals surface area contributed by atoms with Crippen molar-refractivity contribution < 1.29 is 27.4 Å². The van der Waals surface area contributed by atoms with Gasteiger partial charge in [0, 0.05) is 6.42 Å². The lowest BCUT2D eigenvalue weighted by molar-refractivity contribution is -0.286. The van der Waals surface area contributed by atoms with Crippen molar-refractivity contribution >= 4 is 5.90 Å². The Balaban J connectivity index is 2.20. The van der Waals surface area contributed by atoms with Crippen molar-refractivity contribution in [2.24, 2.45) is 16.7 Å². The maximum atomic E-state index is 12.5. The monoisotopic (exact) mass is 432 g/mol. The van der Waals surface area contributed by atoms with Gasteiger partial charge in [0.25, 0.3) is 0 Å². The summed E-state index contributed by atoms with van der Waals surface area (Å²) in [7, 11) is 0. The van der Waals surface area contributed by atoms with Crippen molar-refractivity contribution in [1.82, 2.24) is 0 Å². The molecule has 3 rings (SSSR count). The summed E-state index contributed by atoms with van der Waals surface area (Å²) < 4.78 is 53.3. The first kappa shape index (κ1) is 22.4. The van der Waals surface area contributed by atoms with Crippen LogP contribution in [0.15, 0.2) is 24.3 Å². The van der Waals surface area contributed by atoms with Crippen LogP contribution < -0.4 is 4.74 Å². The van der Waals surface area contributed by atoms with E-state index in [-0.39, 0.29) is 5.56 Å². The Morgan fingerprint density at radius 1 is 1.10 bits per heavy atom. The first-order valence-corrected chi connectivity index (χ1v) is 9.65. The largest absolute Gasteiger partial charge is 0.573 e. The summed E-state index contributed by atoms with van der Waals surface area (Å²) in [6, 6.07) is 10.4. The van der Waals surface area contributed by atoms with Gasteiger partial charge >= 0.3 is 6.36 Å². The molecule has 0 saturated carbocycles. The van der Waals surface area contributed by atoms with E-state index in [1.54, 1.807) is 6.92 Å². The van der Waals surface area contributed by atoms with E-state index in [0.717, 1.165) is 12.1 Å². The van der Waals surface area contributed by atoms with Crippen LogP contribution >= 0.6 is 0 Å². The average Bonchev–Trinajstić information content (AvgIpc) is 2.91. The average molecular weight is 432 g/mol. The second-order valence-corrected chi connectivity index (χ2v) is 7.52. The molecular weight excluding hydrogens is 413 g/mol. The Kier molecular flexibility index (Phi) is 5.38. The summed E-state index contributed by atoms with van der Waals surface area (Å²) in [6.45, 7) is 3.62. The number of rotatable bonds is 5. The Morgan fingerprint density at radius 2 is 1.71 bits per heavy atom. The molecule has 162 valence electrons. The lowest BCUT2D eigenvalue weighted by atomic mass is 9.52. The molecule has 2 saturated heterocycles. The molecule has 0 radical (unpaired) electrons. The molecule has 0 spiro atoms. The van der Waals surface area contributed by atoms with Gasteiger partial charge in [-0.1, -0.05) is 26.0 Å². The number of fused-ring (bicyclic) bond motifs is 2. The maximum Gasteiger partial charge on any atom is 0.573 e. The molecule has 2 bridgehead atoms. The van der Waals surface area contributed by atoms with E-state index in [1.165, 1.54) is 12.1 Å². The highest BCUT2D eigenvalue weighted by Crippen LogP contribution is 2.68. The van der Waals surface area contributed by atoms with Crippen LogP contribution in [0.4, 0.5) is 13.2 Å². The van der Waals surface area contributed by atoms with E-state index >= 15 is 0 Å². The molecule has 0 amide bonds. The van der Waals surface area contributed by atoms with Crippen molar-refractivity contribution in [3.8, 4) is 24.0 Å². The third-order valence-corrected chi connectivity index (χ3v) is 5.97. The Bertz CT molecular complexity index is 991. The number of hydrogen-bond acceptors (Lipinski definition) is 7. The number of nitriles is 3. The quantitative estimate of drug-likeness (QED) is 0.717. The first-order chi connectivity index (χ1) is 14.6. The minimum atomic E-state index is -4.88. The normalized spacial score (nSPS) is 31.1. The van der Waals surface area contributed by atoms with Crippen LogP contribution in [-0.2, 0) is 9.47 Å². The van der Waals surface area contributed by atoms with Crippen LogP contribution in [0.2, 0.25) is 0 Å². The summed E-state index contributed by atoms with van der Waals surface area (Å²) >= 11 is 0. The fourth-order valence-electron chi connectivity index (χ4n) is 4.81. The second-order valence-electron chi connectivity index (χ2n) is 7.52. The van der Waals surface area contributed by atoms with Gasteiger partial charge in [-0.3, -0.25) is 5.41 Å². The highest BCUT2D eigenvalue weighted by molar-refractivity contribution is 5.89. The number of ether oxygens (including phenoxy) is 3. The maximum absolute atomic E-state index is 12.5. The number of nitrogens with one attached hydrogen (secondary N) is 1. The van der Waals surface area contributed by atoms with Crippen molar-refractivity contribution in [2.45, 2.75) is 51.4 Å². The van der Waals surface area contributed by atoms with E-state index in [9.17, 15) is 29.0 Å². The molecule has 2 aliphatic rings. The third-order valence-electron chi connectivity index (χ3n) is 5.97. The molecule has 1 aromatic carbocycles. The molecule has 1 aromatic rings. The summed E-state index contributed by atoms with van der Waals surface area (Å²) in [5, 5.41) is 38.8. The number of alkyl halides is 3. The minimum absolute atomic E-state index is 0.200. The van der Waals surface area contributed by atoms with Gasteiger partial charge in [-0.25, -0.2) is 0 Å². The van der Waals surface area contributed by atoms with Crippen LogP contribution in [-0.4, -0.2) is 18.0 Å². The lowest BCUT2D eigenvalue weighted by Gasteiger charge is -2.49. The van der Waals surface area contributed by atoms with Crippen molar-refractivity contribution in [3.05, 3.63) is 29.8 Å². The Labute approximate surface area is 177 Å². The number of halogens is 3. The van der Waals surface area contributed by atoms with Crippen LogP contribution in [0.5, 0.6) is 5.75 Å². The van der Waals surface area contributed by atoms with Crippen molar-refractivity contribution in [2.75, 3.05) is 0 Å². The number of hydrogen-bond donors (Lipinski definition) is 1. The summed E-state index contributed by atoms with van der Waals surface area (Å²) in [6.07, 6.45) is -5.03. The molecule has 1 N–H and O–H groups in total. The van der Waals surface area contributed by atoms with E-state index in [1.807, 2.05) is 25.1 Å². The zero-order chi connectivity index (χ0) is 23.1. The highest BCUT2D eigenvalue weighted by atomic mass is 19.4. The Hall–Kier alpha value is -3.29. The Morgan fingerprint density at radius 3 is 2.16 bits per heavy atom. The van der Waals surface area contributed by atoms with Gasteiger partial charge in [0.15, 0.2) is 5.41 Å². The molecule has 2 fully saturated rings. The standard InChI is InChI=1S/C21H19F3N4O3/c1-3-9-20-15(4-2)19(12-27,17(28)31-20)18(10-25,11-26)16(30-20)13-5-7-14(8-6-13)29-21(22,23)24/h5-8,15-16,28H,3-4,9H2,1-2H3. The minimum Gasteiger partial charge on any atom is -0.447 e. The van der Waals surface area contributed by atoms with E-state index < -0.39 is 46.6 Å². The highest BCUT2D eigenvalue weighted by Gasteiger charge is 2.79.